The van der Waals surface area contributed by atoms with Gasteiger partial charge in [0, 0.05) is 12.8 Å². The maximum absolute atomic E-state index is 12.2. The second kappa shape index (κ2) is 39.5. The Hall–Kier alpha value is -2.70. The number of ether oxygens (including phenoxy) is 2. The third-order valence-electron chi connectivity index (χ3n) is 8.81. The van der Waals surface area contributed by atoms with Gasteiger partial charge in [0.1, 0.15) is 6.61 Å². The Morgan fingerprint density at radius 2 is 1.02 bits per heavy atom. The van der Waals surface area contributed by atoms with E-state index < -0.39 is 24.8 Å². The van der Waals surface area contributed by atoms with Crippen LogP contribution in [0.25, 0.3) is 0 Å². The molecule has 6 heteroatoms. The van der Waals surface area contributed by atoms with Crippen molar-refractivity contribution < 1.29 is 29.3 Å². The minimum atomic E-state index is -0.869. The normalized spacial score (nSPS) is 13.7. The first-order valence-corrected chi connectivity index (χ1v) is 21.0. The number of hydrogen-bond donors (Lipinski definition) is 2. The van der Waals surface area contributed by atoms with Crippen molar-refractivity contribution >= 4 is 11.9 Å². The summed E-state index contributed by atoms with van der Waals surface area (Å²) in [5, 5.41) is 19.7. The Morgan fingerprint density at radius 3 is 1.50 bits per heavy atom. The van der Waals surface area contributed by atoms with Crippen LogP contribution in [0.4, 0.5) is 0 Å². The fraction of sp³-hybridized carbons (Fsp3) is 0.696. The van der Waals surface area contributed by atoms with Crippen molar-refractivity contribution in [1.29, 1.82) is 0 Å². The zero-order valence-corrected chi connectivity index (χ0v) is 33.6. The summed E-state index contributed by atoms with van der Waals surface area (Å²) in [6.45, 7) is 6.16. The Morgan fingerprint density at radius 1 is 0.558 bits per heavy atom. The molecule has 0 radical (unpaired) electrons. The van der Waals surface area contributed by atoms with Gasteiger partial charge in [-0.2, -0.15) is 0 Å². The lowest BCUT2D eigenvalue weighted by Crippen LogP contribution is -2.28. The predicted octanol–water partition coefficient (Wildman–Crippen LogP) is 12.2. The SMILES string of the molecule is CC/C=C\C/C=C\C/C=C\C/C=C\C/C=C\C=C/C(O)CCC(=O)OC[C@H](CO)OC(=O)CCCCCCCCCCCCCCCCCC(C)C. The first kappa shape index (κ1) is 49.3. The summed E-state index contributed by atoms with van der Waals surface area (Å²) in [5.74, 6) is -0.0306. The fourth-order valence-corrected chi connectivity index (χ4v) is 5.61. The molecule has 0 saturated heterocycles. The standard InChI is InChI=1S/C46H78O6/c1-4-5-6-7-8-9-10-11-12-15-18-21-24-27-30-33-36-43(48)38-39-45(49)51-41-44(40-47)52-46(50)37-34-31-28-25-22-19-16-13-14-17-20-23-26-29-32-35-42(2)3/h5-6,8-9,11-12,18,21,27,30,33,36,42-44,47-48H,4,7,10,13-17,19-20,22-26,28-29,31-32,34-35,37-41H2,1-3H3/b6-5-,9-8-,12-11-,21-18-,30-27-,36-33-/t43?,44-/m0/s1. The molecule has 0 aliphatic carbocycles. The molecule has 52 heavy (non-hydrogen) atoms. The van der Waals surface area contributed by atoms with Crippen molar-refractivity contribution in [2.75, 3.05) is 13.2 Å². The molecular weight excluding hydrogens is 648 g/mol. The van der Waals surface area contributed by atoms with Crippen LogP contribution >= 0.6 is 0 Å². The lowest BCUT2D eigenvalue weighted by Gasteiger charge is -2.16. The highest BCUT2D eigenvalue weighted by Crippen LogP contribution is 2.15. The van der Waals surface area contributed by atoms with Crippen LogP contribution in [-0.2, 0) is 19.1 Å². The smallest absolute Gasteiger partial charge is 0.306 e. The topological polar surface area (TPSA) is 93.1 Å². The summed E-state index contributed by atoms with van der Waals surface area (Å²) in [4.78, 5) is 24.3. The zero-order valence-electron chi connectivity index (χ0n) is 33.6. The van der Waals surface area contributed by atoms with Crippen LogP contribution in [0.15, 0.2) is 72.9 Å². The quantitative estimate of drug-likeness (QED) is 0.0289. The summed E-state index contributed by atoms with van der Waals surface area (Å²) in [5.41, 5.74) is 0. The third-order valence-corrected chi connectivity index (χ3v) is 8.81. The van der Waals surface area contributed by atoms with E-state index in [-0.39, 0.29) is 25.4 Å². The van der Waals surface area contributed by atoms with Crippen molar-refractivity contribution in [1.82, 2.24) is 0 Å². The fourth-order valence-electron chi connectivity index (χ4n) is 5.61. The number of hydrogen-bond acceptors (Lipinski definition) is 6. The third kappa shape index (κ3) is 38.5. The van der Waals surface area contributed by atoms with E-state index in [9.17, 15) is 19.8 Å². The maximum atomic E-state index is 12.2. The molecule has 0 rings (SSSR count). The first-order chi connectivity index (χ1) is 25.4. The van der Waals surface area contributed by atoms with Crippen LogP contribution in [0, 0.1) is 5.92 Å². The molecule has 2 N–H and O–H groups in total. The molecule has 298 valence electrons. The number of carbonyl (C=O) groups excluding carboxylic acids is 2. The average Bonchev–Trinajstić information content (AvgIpc) is 3.13. The first-order valence-electron chi connectivity index (χ1n) is 21.0. The van der Waals surface area contributed by atoms with Gasteiger partial charge in [-0.15, -0.1) is 0 Å². The van der Waals surface area contributed by atoms with Crippen LogP contribution in [0.1, 0.15) is 175 Å². The number of rotatable bonds is 36. The van der Waals surface area contributed by atoms with E-state index in [0.717, 1.165) is 57.3 Å². The van der Waals surface area contributed by atoms with Gasteiger partial charge in [0.05, 0.1) is 12.7 Å². The molecule has 6 nitrogen and oxygen atoms in total. The van der Waals surface area contributed by atoms with Crippen molar-refractivity contribution in [2.24, 2.45) is 5.92 Å². The van der Waals surface area contributed by atoms with Crippen LogP contribution < -0.4 is 0 Å². The predicted molar refractivity (Wildman–Crippen MR) is 220 cm³/mol. The van der Waals surface area contributed by atoms with Crippen LogP contribution in [-0.4, -0.2) is 47.6 Å². The van der Waals surface area contributed by atoms with Gasteiger partial charge < -0.3 is 19.7 Å². The number of carbonyl (C=O) groups is 2. The molecule has 0 aliphatic heterocycles. The molecule has 0 aliphatic rings. The molecule has 0 aromatic heterocycles. The molecule has 2 atom stereocenters. The van der Waals surface area contributed by atoms with E-state index in [4.69, 9.17) is 9.47 Å². The minimum Gasteiger partial charge on any atom is -0.462 e. The van der Waals surface area contributed by atoms with Gasteiger partial charge in [-0.05, 0) is 50.9 Å². The molecular formula is C46H78O6. The van der Waals surface area contributed by atoms with Crippen molar-refractivity contribution in [3.63, 3.8) is 0 Å². The van der Waals surface area contributed by atoms with Gasteiger partial charge in [0.2, 0.25) is 0 Å². The summed E-state index contributed by atoms with van der Waals surface area (Å²) in [7, 11) is 0. The summed E-state index contributed by atoms with van der Waals surface area (Å²) >= 11 is 0. The van der Waals surface area contributed by atoms with Crippen molar-refractivity contribution in [2.45, 2.75) is 187 Å². The van der Waals surface area contributed by atoms with E-state index in [2.05, 4.69) is 69.4 Å². The Labute approximate surface area is 319 Å². The van der Waals surface area contributed by atoms with E-state index in [0.29, 0.717) is 6.42 Å². The Kier molecular flexibility index (Phi) is 37.5. The van der Waals surface area contributed by atoms with E-state index in [1.807, 2.05) is 12.2 Å². The number of unbranched alkanes of at least 4 members (excludes halogenated alkanes) is 14. The zero-order chi connectivity index (χ0) is 38.2. The number of aliphatic hydroxyl groups excluding tert-OH is 2. The second-order valence-corrected chi connectivity index (χ2v) is 14.4. The minimum absolute atomic E-state index is 0.0298. The second-order valence-electron chi connectivity index (χ2n) is 14.4. The van der Waals surface area contributed by atoms with E-state index in [1.54, 1.807) is 12.2 Å². The largest absolute Gasteiger partial charge is 0.462 e. The van der Waals surface area contributed by atoms with E-state index in [1.165, 1.54) is 83.5 Å². The summed E-state index contributed by atoms with van der Waals surface area (Å²) in [6, 6.07) is 0. The molecule has 0 spiro atoms. The molecule has 0 aromatic carbocycles. The number of esters is 2. The van der Waals surface area contributed by atoms with Crippen LogP contribution in [0.5, 0.6) is 0 Å². The molecule has 0 saturated carbocycles. The van der Waals surface area contributed by atoms with Gasteiger partial charge in [-0.3, -0.25) is 9.59 Å². The van der Waals surface area contributed by atoms with Gasteiger partial charge in [0.25, 0.3) is 0 Å². The summed E-state index contributed by atoms with van der Waals surface area (Å²) < 4.78 is 10.5. The highest BCUT2D eigenvalue weighted by molar-refractivity contribution is 5.70. The monoisotopic (exact) mass is 727 g/mol. The van der Waals surface area contributed by atoms with Crippen LogP contribution in [0.3, 0.4) is 0 Å². The lowest BCUT2D eigenvalue weighted by molar-refractivity contribution is -0.161. The molecule has 0 aromatic rings. The van der Waals surface area contributed by atoms with E-state index >= 15 is 0 Å². The molecule has 0 amide bonds. The molecule has 0 fully saturated rings. The van der Waals surface area contributed by atoms with Crippen molar-refractivity contribution in [3.8, 4) is 0 Å². The molecule has 0 bridgehead atoms. The van der Waals surface area contributed by atoms with Gasteiger partial charge in [-0.1, -0.05) is 190 Å². The van der Waals surface area contributed by atoms with Crippen LogP contribution in [0.2, 0.25) is 0 Å². The average molecular weight is 727 g/mol. The van der Waals surface area contributed by atoms with Crippen molar-refractivity contribution in [3.05, 3.63) is 72.9 Å². The number of allylic oxidation sites excluding steroid dienone is 11. The van der Waals surface area contributed by atoms with Gasteiger partial charge in [0.15, 0.2) is 6.10 Å². The summed E-state index contributed by atoms with van der Waals surface area (Å²) in [6.07, 6.45) is 48.7. The highest BCUT2D eigenvalue weighted by Gasteiger charge is 2.16. The van der Waals surface area contributed by atoms with Gasteiger partial charge in [-0.25, -0.2) is 0 Å². The lowest BCUT2D eigenvalue weighted by atomic mass is 10.0. The maximum Gasteiger partial charge on any atom is 0.306 e. The van der Waals surface area contributed by atoms with Gasteiger partial charge >= 0.3 is 11.9 Å². The Bertz CT molecular complexity index is 989. The molecule has 0 heterocycles. The Balaban J connectivity index is 3.77. The number of aliphatic hydroxyl groups is 2. The highest BCUT2D eigenvalue weighted by atomic mass is 16.6. The molecule has 1 unspecified atom stereocenters.